The molecule has 3 saturated heterocycles. The number of H-pyrrole nitrogens is 1. The summed E-state index contributed by atoms with van der Waals surface area (Å²) in [5, 5.41) is 10.6. The summed E-state index contributed by atoms with van der Waals surface area (Å²) in [7, 11) is 0. The molecule has 174 valence electrons. The molecular formula is C25H32N6O2. The van der Waals surface area contributed by atoms with Gasteiger partial charge in [-0.15, -0.1) is 0 Å². The van der Waals surface area contributed by atoms with Gasteiger partial charge in [-0.25, -0.2) is 0 Å². The molecule has 0 saturated carbocycles. The van der Waals surface area contributed by atoms with Crippen molar-refractivity contribution in [2.24, 2.45) is 5.92 Å². The predicted octanol–water partition coefficient (Wildman–Crippen LogP) is 1.77. The van der Waals surface area contributed by atoms with Crippen LogP contribution in [-0.2, 0) is 21.7 Å². The fraction of sp³-hybridized carbons (Fsp3) is 0.560. The van der Waals surface area contributed by atoms with Crippen molar-refractivity contribution in [1.29, 1.82) is 0 Å². The van der Waals surface area contributed by atoms with Crippen LogP contribution >= 0.6 is 0 Å². The number of aromatic nitrogens is 2. The molecule has 1 aromatic heterocycles. The van der Waals surface area contributed by atoms with Gasteiger partial charge in [-0.05, 0) is 51.3 Å². The summed E-state index contributed by atoms with van der Waals surface area (Å²) < 4.78 is 0. The molecule has 3 fully saturated rings. The summed E-state index contributed by atoms with van der Waals surface area (Å²) in [6.07, 6.45) is 3.80. The van der Waals surface area contributed by atoms with E-state index in [2.05, 4.69) is 43.5 Å². The SMILES string of the molecule is Cc1cc(CN2CCCNC(=O)[C@@H]3C[C@@H]4CCCN4[C@@]34C(=O)N(CC2)c2ccccc24)n[nH]1. The second kappa shape index (κ2) is 7.95. The number of benzene rings is 1. The number of para-hydroxylation sites is 1. The van der Waals surface area contributed by atoms with E-state index < -0.39 is 5.54 Å². The van der Waals surface area contributed by atoms with Gasteiger partial charge >= 0.3 is 0 Å². The summed E-state index contributed by atoms with van der Waals surface area (Å²) in [4.78, 5) is 34.5. The number of fused-ring (bicyclic) bond motifs is 4. The number of amides is 2. The fourth-order valence-corrected chi connectivity index (χ4v) is 6.72. The molecule has 0 aliphatic carbocycles. The molecule has 33 heavy (non-hydrogen) atoms. The molecule has 5 heterocycles. The van der Waals surface area contributed by atoms with Crippen LogP contribution < -0.4 is 10.2 Å². The number of carbonyl (C=O) groups excluding carboxylic acids is 2. The minimum atomic E-state index is -0.856. The average Bonchev–Trinajstić information content (AvgIpc) is 3.55. The average molecular weight is 449 g/mol. The highest BCUT2D eigenvalue weighted by Gasteiger charge is 2.67. The lowest BCUT2D eigenvalue weighted by atomic mass is 9.78. The highest BCUT2D eigenvalue weighted by atomic mass is 16.2. The number of carbonyl (C=O) groups is 2. The van der Waals surface area contributed by atoms with E-state index in [1.807, 2.05) is 24.0 Å². The lowest BCUT2D eigenvalue weighted by molar-refractivity contribution is -0.139. The Bertz CT molecular complexity index is 1080. The Balaban J connectivity index is 1.38. The number of aromatic amines is 1. The minimum absolute atomic E-state index is 0.0319. The maximum Gasteiger partial charge on any atom is 0.253 e. The number of nitrogens with one attached hydrogen (secondary N) is 2. The number of rotatable bonds is 2. The van der Waals surface area contributed by atoms with Crippen LogP contribution in [0, 0.1) is 12.8 Å². The normalized spacial score (nSPS) is 30.4. The second-order valence-corrected chi connectivity index (χ2v) is 9.98. The maximum atomic E-state index is 14.3. The van der Waals surface area contributed by atoms with E-state index in [0.29, 0.717) is 19.1 Å². The predicted molar refractivity (Wildman–Crippen MR) is 125 cm³/mol. The van der Waals surface area contributed by atoms with Gasteiger partial charge in [0, 0.05) is 55.7 Å². The molecular weight excluding hydrogens is 416 g/mol. The van der Waals surface area contributed by atoms with E-state index in [0.717, 1.165) is 74.5 Å². The Morgan fingerprint density at radius 1 is 1.12 bits per heavy atom. The summed E-state index contributed by atoms with van der Waals surface area (Å²) in [5.41, 5.74) is 3.19. The van der Waals surface area contributed by atoms with Gasteiger partial charge in [0.2, 0.25) is 5.91 Å². The van der Waals surface area contributed by atoms with Crippen molar-refractivity contribution in [1.82, 2.24) is 25.3 Å². The third kappa shape index (κ3) is 3.14. The van der Waals surface area contributed by atoms with Crippen LogP contribution in [0.15, 0.2) is 30.3 Å². The zero-order valence-electron chi connectivity index (χ0n) is 19.2. The lowest BCUT2D eigenvalue weighted by Crippen LogP contribution is -2.57. The molecule has 1 spiro atoms. The first-order valence-electron chi connectivity index (χ1n) is 12.3. The number of hydrogen-bond acceptors (Lipinski definition) is 5. The zero-order valence-corrected chi connectivity index (χ0v) is 19.2. The zero-order chi connectivity index (χ0) is 22.6. The molecule has 0 radical (unpaired) electrons. The third-order valence-corrected chi connectivity index (χ3v) is 8.07. The van der Waals surface area contributed by atoms with Crippen LogP contribution in [-0.4, -0.2) is 70.6 Å². The monoisotopic (exact) mass is 448 g/mol. The molecule has 2 bridgehead atoms. The van der Waals surface area contributed by atoms with E-state index in [9.17, 15) is 9.59 Å². The molecule has 8 heteroatoms. The highest BCUT2D eigenvalue weighted by molar-refractivity contribution is 6.10. The largest absolute Gasteiger partial charge is 0.356 e. The van der Waals surface area contributed by atoms with Gasteiger partial charge in [0.1, 0.15) is 5.54 Å². The van der Waals surface area contributed by atoms with Crippen molar-refractivity contribution in [3.05, 3.63) is 47.3 Å². The molecule has 4 aliphatic heterocycles. The van der Waals surface area contributed by atoms with Crippen LogP contribution in [0.5, 0.6) is 0 Å². The summed E-state index contributed by atoms with van der Waals surface area (Å²) in [6, 6.07) is 10.5. The van der Waals surface area contributed by atoms with E-state index in [4.69, 9.17) is 0 Å². The highest BCUT2D eigenvalue weighted by Crippen LogP contribution is 2.56. The van der Waals surface area contributed by atoms with Crippen molar-refractivity contribution in [2.45, 2.75) is 50.7 Å². The fourth-order valence-electron chi connectivity index (χ4n) is 6.72. The van der Waals surface area contributed by atoms with Crippen molar-refractivity contribution >= 4 is 17.5 Å². The molecule has 0 unspecified atom stereocenters. The Morgan fingerprint density at radius 3 is 2.85 bits per heavy atom. The van der Waals surface area contributed by atoms with Gasteiger partial charge in [-0.1, -0.05) is 18.2 Å². The van der Waals surface area contributed by atoms with Crippen molar-refractivity contribution in [2.75, 3.05) is 37.6 Å². The quantitative estimate of drug-likeness (QED) is 0.732. The first-order valence-corrected chi connectivity index (χ1v) is 12.3. The molecule has 2 amide bonds. The van der Waals surface area contributed by atoms with E-state index >= 15 is 0 Å². The van der Waals surface area contributed by atoms with Gasteiger partial charge in [0.15, 0.2) is 0 Å². The maximum absolute atomic E-state index is 14.3. The van der Waals surface area contributed by atoms with Gasteiger partial charge in [-0.2, -0.15) is 5.10 Å². The van der Waals surface area contributed by atoms with Gasteiger partial charge in [0.05, 0.1) is 11.6 Å². The van der Waals surface area contributed by atoms with Gasteiger partial charge in [-0.3, -0.25) is 24.5 Å². The number of hydrogen-bond donors (Lipinski definition) is 2. The third-order valence-electron chi connectivity index (χ3n) is 8.07. The van der Waals surface area contributed by atoms with E-state index in [1.165, 1.54) is 0 Å². The molecule has 8 nitrogen and oxygen atoms in total. The van der Waals surface area contributed by atoms with Gasteiger partial charge in [0.25, 0.3) is 5.91 Å². The Labute approximate surface area is 194 Å². The van der Waals surface area contributed by atoms with Crippen LogP contribution in [0.1, 0.15) is 42.6 Å². The Morgan fingerprint density at radius 2 is 2.00 bits per heavy atom. The van der Waals surface area contributed by atoms with Crippen LogP contribution in [0.4, 0.5) is 5.69 Å². The van der Waals surface area contributed by atoms with Crippen LogP contribution in [0.25, 0.3) is 0 Å². The molecule has 4 aliphatic rings. The Kier molecular flexibility index (Phi) is 5.03. The van der Waals surface area contributed by atoms with E-state index in [-0.39, 0.29) is 17.7 Å². The topological polar surface area (TPSA) is 84.6 Å². The van der Waals surface area contributed by atoms with Crippen LogP contribution in [0.3, 0.4) is 0 Å². The number of nitrogens with zero attached hydrogens (tertiary/aromatic N) is 4. The number of aryl methyl sites for hydroxylation is 1. The van der Waals surface area contributed by atoms with Gasteiger partial charge < -0.3 is 10.2 Å². The first-order chi connectivity index (χ1) is 16.1. The molecule has 6 rings (SSSR count). The standard InChI is InChI=1S/C25H32N6O2/c1-17-14-18(28-27-17)16-29-10-5-9-26-23(32)21-15-19-6-4-11-31(19)25(21)20-7-2-3-8-22(20)30(13-12-29)24(25)33/h2-3,7-8,14,19,21H,4-6,9-13,15-16H2,1H3,(H,26,32)(H,27,28)/t19-,21-,25+/m0/s1. The molecule has 2 aromatic rings. The minimum Gasteiger partial charge on any atom is -0.356 e. The summed E-state index contributed by atoms with van der Waals surface area (Å²) >= 11 is 0. The molecule has 3 atom stereocenters. The van der Waals surface area contributed by atoms with Crippen molar-refractivity contribution in [3.63, 3.8) is 0 Å². The van der Waals surface area contributed by atoms with Crippen molar-refractivity contribution < 1.29 is 9.59 Å². The van der Waals surface area contributed by atoms with Crippen molar-refractivity contribution in [3.8, 4) is 0 Å². The van der Waals surface area contributed by atoms with Crippen LogP contribution in [0.2, 0.25) is 0 Å². The second-order valence-electron chi connectivity index (χ2n) is 9.98. The number of anilines is 1. The lowest BCUT2D eigenvalue weighted by Gasteiger charge is -2.37. The Hall–Kier alpha value is -2.71. The molecule has 1 aromatic carbocycles. The smallest absolute Gasteiger partial charge is 0.253 e. The summed E-state index contributed by atoms with van der Waals surface area (Å²) in [5.74, 6) is -0.210. The summed E-state index contributed by atoms with van der Waals surface area (Å²) in [6.45, 7) is 6.48. The first kappa shape index (κ1) is 20.9. The molecule has 2 N–H and O–H groups in total. The van der Waals surface area contributed by atoms with E-state index in [1.54, 1.807) is 0 Å².